The number of aliphatic carboxylic acids is 1. The summed E-state index contributed by atoms with van der Waals surface area (Å²) >= 11 is 0. The number of nitrogens with one attached hydrogen (secondary N) is 1. The van der Waals surface area contributed by atoms with E-state index >= 15 is 0 Å². The van der Waals surface area contributed by atoms with Crippen molar-refractivity contribution in [1.82, 2.24) is 5.32 Å². The van der Waals surface area contributed by atoms with E-state index in [1.54, 1.807) is 30.3 Å². The SMILES string of the molecule is CC(=O)NCCCS(=O)(=O)OCC(C)(C)[C@](O)(CCOC(=O)C[P+](=O)Oc1ccccc1)C(=O)O. The van der Waals surface area contributed by atoms with Gasteiger partial charge in [-0.3, -0.25) is 13.5 Å². The molecule has 0 saturated carbocycles. The Hall–Kier alpha value is -2.60. The molecule has 0 heterocycles. The van der Waals surface area contributed by atoms with Crippen LogP contribution in [0, 0.1) is 5.41 Å². The third-order valence-electron chi connectivity index (χ3n) is 4.95. The predicted octanol–water partition coefficient (Wildman–Crippen LogP) is 1.46. The molecule has 1 rings (SSSR count). The molecule has 0 fully saturated rings. The second-order valence-corrected chi connectivity index (χ2v) is 11.2. The minimum Gasteiger partial charge on any atom is -0.479 e. The highest BCUT2D eigenvalue weighted by Crippen LogP contribution is 2.35. The Labute approximate surface area is 204 Å². The highest BCUT2D eigenvalue weighted by atomic mass is 32.2. The van der Waals surface area contributed by atoms with Gasteiger partial charge in [0, 0.05) is 25.3 Å². The van der Waals surface area contributed by atoms with Crippen LogP contribution < -0.4 is 9.84 Å². The molecule has 0 aromatic heterocycles. The van der Waals surface area contributed by atoms with Crippen LogP contribution in [-0.2, 0) is 38.0 Å². The summed E-state index contributed by atoms with van der Waals surface area (Å²) in [6.07, 6.45) is -1.08. The Morgan fingerprint density at radius 2 is 1.77 bits per heavy atom. The monoisotopic (exact) mass is 536 g/mol. The minimum absolute atomic E-state index is 0.0811. The summed E-state index contributed by atoms with van der Waals surface area (Å²) < 4.78 is 51.0. The van der Waals surface area contributed by atoms with Crippen molar-refractivity contribution >= 4 is 36.0 Å². The number of hydrogen-bond donors (Lipinski definition) is 3. The summed E-state index contributed by atoms with van der Waals surface area (Å²) in [4.78, 5) is 34.6. The lowest BCUT2D eigenvalue weighted by Gasteiger charge is -2.38. The van der Waals surface area contributed by atoms with Gasteiger partial charge in [-0.2, -0.15) is 8.42 Å². The van der Waals surface area contributed by atoms with Crippen molar-refractivity contribution in [2.24, 2.45) is 5.41 Å². The average Bonchev–Trinajstić information content (AvgIpc) is 2.75. The van der Waals surface area contributed by atoms with Crippen LogP contribution in [0.5, 0.6) is 5.75 Å². The number of benzene rings is 1. The number of carbonyl (C=O) groups is 3. The van der Waals surface area contributed by atoms with E-state index in [2.05, 4.69) is 5.32 Å². The van der Waals surface area contributed by atoms with E-state index in [1.807, 2.05) is 0 Å². The van der Waals surface area contributed by atoms with E-state index in [0.717, 1.165) is 0 Å². The van der Waals surface area contributed by atoms with Gasteiger partial charge in [-0.05, 0) is 23.1 Å². The number of ether oxygens (including phenoxy) is 1. The van der Waals surface area contributed by atoms with Gasteiger partial charge in [-0.1, -0.05) is 32.0 Å². The number of carboxylic acid groups (broad SMARTS) is 1. The molecule has 0 aliphatic heterocycles. The normalized spacial score (nSPS) is 13.9. The lowest BCUT2D eigenvalue weighted by Crippen LogP contribution is -2.54. The maximum Gasteiger partial charge on any atom is 0.568 e. The second-order valence-electron chi connectivity index (χ2n) is 8.28. The third-order valence-corrected chi connectivity index (χ3v) is 7.15. The number of aliphatic hydroxyl groups is 1. The zero-order chi connectivity index (χ0) is 26.7. The number of carbonyl (C=O) groups excluding carboxylic acids is 2. The Balaban J connectivity index is 2.61. The van der Waals surface area contributed by atoms with Crippen LogP contribution in [0.4, 0.5) is 0 Å². The molecule has 0 saturated heterocycles. The zero-order valence-electron chi connectivity index (χ0n) is 19.8. The second kappa shape index (κ2) is 13.5. The zero-order valence-corrected chi connectivity index (χ0v) is 21.5. The molecule has 0 aliphatic rings. The Bertz CT molecular complexity index is 998. The van der Waals surface area contributed by atoms with Crippen LogP contribution in [-0.4, -0.2) is 73.8 Å². The summed E-state index contributed by atoms with van der Waals surface area (Å²) in [5.41, 5.74) is -4.13. The Morgan fingerprint density at radius 3 is 2.34 bits per heavy atom. The fraction of sp³-hybridized carbons (Fsp3) is 0.571. The highest BCUT2D eigenvalue weighted by molar-refractivity contribution is 7.86. The van der Waals surface area contributed by atoms with E-state index in [4.69, 9.17) is 13.4 Å². The van der Waals surface area contributed by atoms with Crippen molar-refractivity contribution in [3.63, 3.8) is 0 Å². The number of carboxylic acids is 1. The minimum atomic E-state index is -4.06. The standard InChI is InChI=1S/C21H30NO11PS/c1-16(23)22-11-7-13-35(29,30)32-15-20(2,3)21(27,19(25)26)10-12-31-18(24)14-34(28)33-17-8-5-4-6-9-17/h4-6,8-9,27H,7,10-15H2,1-3H3,(H-,22,23,25,26)/p+1/t21-/m0/s1. The van der Waals surface area contributed by atoms with E-state index in [1.165, 1.54) is 20.8 Å². The molecule has 0 spiro atoms. The maximum absolute atomic E-state index is 12.1. The molecule has 1 amide bonds. The molecule has 35 heavy (non-hydrogen) atoms. The topological polar surface area (TPSA) is 183 Å². The Morgan fingerprint density at radius 1 is 1.14 bits per heavy atom. The molecule has 196 valence electrons. The third kappa shape index (κ3) is 10.7. The molecule has 0 radical (unpaired) electrons. The van der Waals surface area contributed by atoms with Gasteiger partial charge in [-0.15, -0.1) is 0 Å². The molecule has 12 nitrogen and oxygen atoms in total. The van der Waals surface area contributed by atoms with Crippen LogP contribution in [0.2, 0.25) is 0 Å². The molecule has 3 N–H and O–H groups in total. The first kappa shape index (κ1) is 30.4. The summed E-state index contributed by atoms with van der Waals surface area (Å²) in [5, 5.41) is 22.8. The molecule has 1 aromatic rings. The molecule has 1 unspecified atom stereocenters. The maximum atomic E-state index is 12.1. The van der Waals surface area contributed by atoms with Gasteiger partial charge in [0.1, 0.15) is 0 Å². The first-order valence-electron chi connectivity index (χ1n) is 10.6. The molecule has 1 aromatic carbocycles. The van der Waals surface area contributed by atoms with Crippen LogP contribution >= 0.6 is 8.03 Å². The van der Waals surface area contributed by atoms with Gasteiger partial charge in [-0.25, -0.2) is 9.59 Å². The van der Waals surface area contributed by atoms with Gasteiger partial charge in [0.2, 0.25) is 5.91 Å². The van der Waals surface area contributed by atoms with Crippen LogP contribution in [0.1, 0.15) is 33.6 Å². The van der Waals surface area contributed by atoms with E-state index < -0.39 is 72.7 Å². The average molecular weight is 537 g/mol. The lowest BCUT2D eigenvalue weighted by atomic mass is 9.73. The number of rotatable bonds is 16. The quantitative estimate of drug-likeness (QED) is 0.120. The van der Waals surface area contributed by atoms with Crippen molar-refractivity contribution in [3.8, 4) is 5.75 Å². The molecule has 0 aliphatic carbocycles. The van der Waals surface area contributed by atoms with E-state index in [-0.39, 0.29) is 18.9 Å². The highest BCUT2D eigenvalue weighted by Gasteiger charge is 2.51. The summed E-state index contributed by atoms with van der Waals surface area (Å²) in [7, 11) is -6.48. The van der Waals surface area contributed by atoms with Crippen molar-refractivity contribution in [1.29, 1.82) is 0 Å². The van der Waals surface area contributed by atoms with Crippen molar-refractivity contribution in [2.45, 2.75) is 39.2 Å². The lowest BCUT2D eigenvalue weighted by molar-refractivity contribution is -0.180. The van der Waals surface area contributed by atoms with Gasteiger partial charge < -0.3 is 20.3 Å². The molecule has 14 heteroatoms. The summed E-state index contributed by atoms with van der Waals surface area (Å²) in [6, 6.07) is 8.16. The molecule has 2 atom stereocenters. The number of para-hydroxylation sites is 1. The van der Waals surface area contributed by atoms with Crippen LogP contribution in [0.25, 0.3) is 0 Å². The van der Waals surface area contributed by atoms with Gasteiger partial charge >= 0.3 is 20.0 Å². The first-order valence-corrected chi connectivity index (χ1v) is 13.5. The van der Waals surface area contributed by atoms with E-state index in [0.29, 0.717) is 5.75 Å². The van der Waals surface area contributed by atoms with Crippen LogP contribution in [0.3, 0.4) is 0 Å². The number of esters is 1. The molecule has 0 bridgehead atoms. The number of hydrogen-bond acceptors (Lipinski definition) is 10. The fourth-order valence-corrected chi connectivity index (χ4v) is 4.57. The van der Waals surface area contributed by atoms with Crippen LogP contribution in [0.15, 0.2) is 30.3 Å². The predicted molar refractivity (Wildman–Crippen MR) is 125 cm³/mol. The summed E-state index contributed by atoms with van der Waals surface area (Å²) in [5.74, 6) is -3.02. The molecular weight excluding hydrogens is 505 g/mol. The smallest absolute Gasteiger partial charge is 0.479 e. The molecular formula is C21H31NO11PS+. The first-order chi connectivity index (χ1) is 16.2. The van der Waals surface area contributed by atoms with Crippen molar-refractivity contribution < 1.29 is 51.0 Å². The van der Waals surface area contributed by atoms with Gasteiger partial charge in [0.25, 0.3) is 16.3 Å². The van der Waals surface area contributed by atoms with Gasteiger partial charge in [0.15, 0.2) is 11.4 Å². The van der Waals surface area contributed by atoms with E-state index in [9.17, 15) is 37.6 Å². The summed E-state index contributed by atoms with van der Waals surface area (Å²) in [6.45, 7) is 2.79. The van der Waals surface area contributed by atoms with Crippen molar-refractivity contribution in [3.05, 3.63) is 30.3 Å². The van der Waals surface area contributed by atoms with Gasteiger partial charge in [0.05, 0.1) is 19.0 Å². The fourth-order valence-electron chi connectivity index (χ4n) is 2.76. The largest absolute Gasteiger partial charge is 0.568 e. The number of amides is 1. The van der Waals surface area contributed by atoms with Crippen molar-refractivity contribution in [2.75, 3.05) is 31.7 Å². The Kier molecular flexibility index (Phi) is 11.7.